The van der Waals surface area contributed by atoms with Crippen molar-refractivity contribution in [1.29, 1.82) is 0 Å². The van der Waals surface area contributed by atoms with Gasteiger partial charge in [-0.15, -0.1) is 0 Å². The fraction of sp³-hybridized carbons (Fsp3) is 0. The zero-order valence-corrected chi connectivity index (χ0v) is 7.04. The topological polar surface area (TPSA) is 102 Å². The van der Waals surface area contributed by atoms with Crippen molar-refractivity contribution in [2.24, 2.45) is 0 Å². The molecule has 0 spiro atoms. The van der Waals surface area contributed by atoms with E-state index in [4.69, 9.17) is 20.2 Å². The normalized spacial score (nSPS) is 10.4. The monoisotopic (exact) mass is 194 g/mol. The number of nitrogens with two attached hydrogens (primary N) is 1. The maximum absolute atomic E-state index is 8.62. The van der Waals surface area contributed by atoms with Crippen LogP contribution in [0.3, 0.4) is 0 Å². The Bertz CT molecular complexity index is 456. The first-order valence-electron chi connectivity index (χ1n) is 3.84. The Morgan fingerprint density at radius 2 is 2.21 bits per heavy atom. The van der Waals surface area contributed by atoms with Crippen LogP contribution in [0.25, 0.3) is 11.1 Å². The molecule has 0 saturated heterocycles. The van der Waals surface area contributed by atoms with Gasteiger partial charge in [-0.05, 0) is 12.1 Å². The SMILES string of the molecule is Nc1nc2c(OB(O)O)cccc2o1. The van der Waals surface area contributed by atoms with Gasteiger partial charge >= 0.3 is 7.32 Å². The summed E-state index contributed by atoms with van der Waals surface area (Å²) in [6, 6.07) is 4.81. The standard InChI is InChI=1S/C7H7BN2O4/c9-7-10-6-4(13-7)2-1-3-5(6)14-8(11)12/h1-3,11-12H,(H2,9,10). The van der Waals surface area contributed by atoms with Crippen molar-refractivity contribution in [3.05, 3.63) is 18.2 Å². The van der Waals surface area contributed by atoms with Crippen LogP contribution in [0.1, 0.15) is 0 Å². The van der Waals surface area contributed by atoms with Crippen LogP contribution >= 0.6 is 0 Å². The summed E-state index contributed by atoms with van der Waals surface area (Å²) in [7, 11) is -1.89. The van der Waals surface area contributed by atoms with E-state index in [0.29, 0.717) is 11.1 Å². The quantitative estimate of drug-likeness (QED) is 0.570. The van der Waals surface area contributed by atoms with Crippen molar-refractivity contribution in [1.82, 2.24) is 4.98 Å². The Hall–Kier alpha value is -1.73. The largest absolute Gasteiger partial charge is 0.707 e. The molecule has 0 amide bonds. The first-order chi connectivity index (χ1) is 6.66. The van der Waals surface area contributed by atoms with Crippen LogP contribution in [-0.4, -0.2) is 22.4 Å². The van der Waals surface area contributed by atoms with Crippen LogP contribution in [0.4, 0.5) is 6.01 Å². The second kappa shape index (κ2) is 3.20. The van der Waals surface area contributed by atoms with E-state index < -0.39 is 7.32 Å². The zero-order valence-electron chi connectivity index (χ0n) is 7.04. The summed E-state index contributed by atoms with van der Waals surface area (Å²) in [4.78, 5) is 3.83. The number of nitrogen functional groups attached to an aromatic ring is 1. The number of hydrogen-bond donors (Lipinski definition) is 3. The molecule has 0 unspecified atom stereocenters. The molecule has 0 aliphatic rings. The third-order valence-electron chi connectivity index (χ3n) is 1.63. The number of oxazole rings is 1. The molecule has 0 atom stereocenters. The van der Waals surface area contributed by atoms with E-state index in [-0.39, 0.29) is 11.8 Å². The molecule has 7 heteroatoms. The second-order valence-corrected chi connectivity index (χ2v) is 2.60. The lowest BCUT2D eigenvalue weighted by Gasteiger charge is -2.03. The van der Waals surface area contributed by atoms with Gasteiger partial charge in [0.15, 0.2) is 11.1 Å². The fourth-order valence-corrected chi connectivity index (χ4v) is 1.15. The lowest BCUT2D eigenvalue weighted by molar-refractivity contribution is 0.289. The maximum Gasteiger partial charge on any atom is 0.707 e. The number of para-hydroxylation sites is 1. The van der Waals surface area contributed by atoms with Crippen molar-refractivity contribution in [2.75, 3.05) is 5.73 Å². The predicted molar refractivity (Wildman–Crippen MR) is 49.2 cm³/mol. The van der Waals surface area contributed by atoms with Gasteiger partial charge in [0.2, 0.25) is 0 Å². The molecule has 2 aromatic rings. The molecule has 4 N–H and O–H groups in total. The Morgan fingerprint density at radius 3 is 2.93 bits per heavy atom. The number of hydrogen-bond acceptors (Lipinski definition) is 6. The molecule has 0 saturated carbocycles. The average molecular weight is 194 g/mol. The smallest absolute Gasteiger partial charge is 0.510 e. The van der Waals surface area contributed by atoms with E-state index in [1.54, 1.807) is 12.1 Å². The lowest BCUT2D eigenvalue weighted by atomic mass is 10.2. The zero-order chi connectivity index (χ0) is 10.1. The van der Waals surface area contributed by atoms with Gasteiger partial charge in [-0.25, -0.2) is 0 Å². The molecule has 0 aliphatic heterocycles. The molecule has 0 aliphatic carbocycles. The highest BCUT2D eigenvalue weighted by molar-refractivity contribution is 6.34. The Morgan fingerprint density at radius 1 is 1.43 bits per heavy atom. The van der Waals surface area contributed by atoms with Gasteiger partial charge in [0.1, 0.15) is 5.75 Å². The Kier molecular flexibility index (Phi) is 2.03. The summed E-state index contributed by atoms with van der Waals surface area (Å²) in [6.45, 7) is 0. The van der Waals surface area contributed by atoms with Crippen molar-refractivity contribution in [2.45, 2.75) is 0 Å². The van der Waals surface area contributed by atoms with E-state index in [9.17, 15) is 0 Å². The molecular weight excluding hydrogens is 187 g/mol. The van der Waals surface area contributed by atoms with Crippen LogP contribution < -0.4 is 10.4 Å². The Balaban J connectivity index is 2.53. The van der Waals surface area contributed by atoms with E-state index in [0.717, 1.165) is 0 Å². The van der Waals surface area contributed by atoms with E-state index in [2.05, 4.69) is 9.64 Å². The minimum atomic E-state index is -1.89. The fourth-order valence-electron chi connectivity index (χ4n) is 1.15. The summed E-state index contributed by atoms with van der Waals surface area (Å²) in [5.41, 5.74) is 6.12. The molecule has 1 aromatic heterocycles. The van der Waals surface area contributed by atoms with Crippen molar-refractivity contribution in [3.8, 4) is 5.75 Å². The van der Waals surface area contributed by atoms with Gasteiger partial charge < -0.3 is 24.9 Å². The number of anilines is 1. The highest BCUT2D eigenvalue weighted by Gasteiger charge is 2.15. The van der Waals surface area contributed by atoms with Crippen LogP contribution in [0.15, 0.2) is 22.6 Å². The number of nitrogens with zero attached hydrogens (tertiary/aromatic N) is 1. The first-order valence-corrected chi connectivity index (χ1v) is 3.84. The maximum atomic E-state index is 8.62. The summed E-state index contributed by atoms with van der Waals surface area (Å²) in [5, 5.41) is 17.2. The summed E-state index contributed by atoms with van der Waals surface area (Å²) < 4.78 is 9.69. The molecule has 6 nitrogen and oxygen atoms in total. The molecule has 1 aromatic carbocycles. The van der Waals surface area contributed by atoms with Crippen LogP contribution in [0, 0.1) is 0 Å². The van der Waals surface area contributed by atoms with E-state index in [1.165, 1.54) is 6.07 Å². The molecule has 0 radical (unpaired) electrons. The average Bonchev–Trinajstić information content (AvgIpc) is 2.45. The molecule has 0 bridgehead atoms. The molecule has 0 fully saturated rings. The summed E-state index contributed by atoms with van der Waals surface area (Å²) in [5.74, 6) is 0.206. The molecule has 1 heterocycles. The van der Waals surface area contributed by atoms with Gasteiger partial charge in [0, 0.05) is 0 Å². The number of aromatic nitrogens is 1. The first kappa shape index (κ1) is 8.85. The van der Waals surface area contributed by atoms with Crippen molar-refractivity contribution in [3.63, 3.8) is 0 Å². The van der Waals surface area contributed by atoms with Crippen molar-refractivity contribution >= 4 is 24.4 Å². The second-order valence-electron chi connectivity index (χ2n) is 2.60. The van der Waals surface area contributed by atoms with Crippen LogP contribution in [-0.2, 0) is 0 Å². The Labute approximate surface area is 79.1 Å². The van der Waals surface area contributed by atoms with Crippen molar-refractivity contribution < 1.29 is 19.1 Å². The minimum Gasteiger partial charge on any atom is -0.510 e. The summed E-state index contributed by atoms with van der Waals surface area (Å²) >= 11 is 0. The third kappa shape index (κ3) is 1.50. The van der Waals surface area contributed by atoms with E-state index in [1.807, 2.05) is 0 Å². The number of fused-ring (bicyclic) bond motifs is 1. The minimum absolute atomic E-state index is 0.00322. The van der Waals surface area contributed by atoms with Gasteiger partial charge in [-0.2, -0.15) is 4.98 Å². The predicted octanol–water partition coefficient (Wildman–Crippen LogP) is -0.242. The lowest BCUT2D eigenvalue weighted by Crippen LogP contribution is -2.20. The number of benzene rings is 1. The molecule has 14 heavy (non-hydrogen) atoms. The van der Waals surface area contributed by atoms with Gasteiger partial charge in [-0.3, -0.25) is 0 Å². The van der Waals surface area contributed by atoms with Crippen LogP contribution in [0.5, 0.6) is 5.75 Å². The highest BCUT2D eigenvalue weighted by Crippen LogP contribution is 2.26. The number of rotatable bonds is 2. The summed E-state index contributed by atoms with van der Waals surface area (Å²) in [6.07, 6.45) is 0. The highest BCUT2D eigenvalue weighted by atomic mass is 16.6. The third-order valence-corrected chi connectivity index (χ3v) is 1.63. The molecule has 2 rings (SSSR count). The van der Waals surface area contributed by atoms with Gasteiger partial charge in [0.25, 0.3) is 6.01 Å². The van der Waals surface area contributed by atoms with E-state index >= 15 is 0 Å². The molecular formula is C7H7BN2O4. The van der Waals surface area contributed by atoms with Crippen LogP contribution in [0.2, 0.25) is 0 Å². The van der Waals surface area contributed by atoms with Gasteiger partial charge in [0.05, 0.1) is 0 Å². The molecule has 72 valence electrons. The van der Waals surface area contributed by atoms with Gasteiger partial charge in [-0.1, -0.05) is 6.07 Å².